The van der Waals surface area contributed by atoms with Crippen LogP contribution in [0.15, 0.2) is 76.6 Å². The minimum Gasteiger partial charge on any atom is -0.490 e. The van der Waals surface area contributed by atoms with Gasteiger partial charge in [-0.1, -0.05) is 46.8 Å². The molecule has 0 aliphatic carbocycles. The third-order valence-corrected chi connectivity index (χ3v) is 10.0. The number of benzene rings is 3. The quantitative estimate of drug-likeness (QED) is 0.208. The molecular weight excluding hydrogens is 667 g/mol. The van der Waals surface area contributed by atoms with Crippen LogP contribution in [0.4, 0.5) is 24.5 Å². The Hall–Kier alpha value is -4.27. The third kappa shape index (κ3) is 6.11. The Morgan fingerprint density at radius 3 is 2.48 bits per heavy atom. The van der Waals surface area contributed by atoms with Gasteiger partial charge in [0.2, 0.25) is 11.8 Å². The molecule has 46 heavy (non-hydrogen) atoms. The van der Waals surface area contributed by atoms with Crippen LogP contribution < -0.4 is 24.6 Å². The maximum absolute atomic E-state index is 13.9. The van der Waals surface area contributed by atoms with E-state index >= 15 is 0 Å². The van der Waals surface area contributed by atoms with Crippen LogP contribution in [0.2, 0.25) is 5.02 Å². The fraction of sp³-hybridized carbons (Fsp3) is 0.226. The fourth-order valence-electron chi connectivity index (χ4n) is 5.44. The van der Waals surface area contributed by atoms with Gasteiger partial charge in [-0.15, -0.1) is 0 Å². The summed E-state index contributed by atoms with van der Waals surface area (Å²) in [4.78, 5) is 56.7. The highest BCUT2D eigenvalue weighted by Gasteiger charge is 2.56. The Labute approximate surface area is 272 Å². The zero-order valence-corrected chi connectivity index (χ0v) is 26.1. The molecule has 2 N–H and O–H groups in total. The van der Waals surface area contributed by atoms with E-state index in [0.717, 1.165) is 40.1 Å². The lowest BCUT2D eigenvalue weighted by molar-refractivity contribution is -0.137. The van der Waals surface area contributed by atoms with Gasteiger partial charge < -0.3 is 19.8 Å². The fourth-order valence-corrected chi connectivity index (χ4v) is 8.08. The standard InChI is InChI=1S/C31H23ClF3N3O6S2/c1-2-43-21-12-15(6-11-20(21)44-14-22(39)36-18-5-3-4-16(13-18)31(33,34)35)23-24-26(45-27-25(23)46-30(42)37-27)29(41)38(28(24)40)19-9-7-17(32)8-10-19/h3-13,23-24,26H,2,14H2,1H3,(H,36,39)(H,37,42)/t23-,24?,26?/m1/s1. The monoisotopic (exact) mass is 689 g/mol. The van der Waals surface area contributed by atoms with E-state index in [1.165, 1.54) is 12.1 Å². The van der Waals surface area contributed by atoms with Crippen molar-refractivity contribution >= 4 is 63.8 Å². The number of ether oxygens (including phenoxy) is 2. The highest BCUT2D eigenvalue weighted by atomic mass is 35.5. The molecule has 3 atom stereocenters. The number of hydrogen-bond donors (Lipinski definition) is 2. The summed E-state index contributed by atoms with van der Waals surface area (Å²) in [5.41, 5.74) is 0.0126. The zero-order chi connectivity index (χ0) is 32.7. The van der Waals surface area contributed by atoms with E-state index in [9.17, 15) is 32.3 Å². The van der Waals surface area contributed by atoms with Crippen molar-refractivity contribution in [1.82, 2.24) is 4.98 Å². The van der Waals surface area contributed by atoms with Crippen molar-refractivity contribution in [2.45, 2.75) is 29.3 Å². The molecule has 0 saturated carbocycles. The van der Waals surface area contributed by atoms with Gasteiger partial charge in [0.15, 0.2) is 18.1 Å². The number of H-pyrrole nitrogens is 1. The minimum absolute atomic E-state index is 0.0433. The molecule has 2 aliphatic heterocycles. The number of carbonyl (C=O) groups excluding carboxylic acids is 3. The molecule has 2 unspecified atom stereocenters. The summed E-state index contributed by atoms with van der Waals surface area (Å²) in [6.07, 6.45) is -4.57. The highest BCUT2D eigenvalue weighted by Crippen LogP contribution is 2.54. The summed E-state index contributed by atoms with van der Waals surface area (Å²) in [5.74, 6) is -2.66. The average Bonchev–Trinajstić information content (AvgIpc) is 3.50. The van der Waals surface area contributed by atoms with Gasteiger partial charge in [-0.25, -0.2) is 4.90 Å². The number of thiazole rings is 1. The Kier molecular flexibility index (Phi) is 8.61. The summed E-state index contributed by atoms with van der Waals surface area (Å²) < 4.78 is 50.6. The predicted molar refractivity (Wildman–Crippen MR) is 167 cm³/mol. The van der Waals surface area contributed by atoms with Crippen molar-refractivity contribution in [3.8, 4) is 11.5 Å². The molecule has 3 amide bonds. The largest absolute Gasteiger partial charge is 0.490 e. The topological polar surface area (TPSA) is 118 Å². The van der Waals surface area contributed by atoms with Gasteiger partial charge in [-0.3, -0.25) is 19.2 Å². The number of carbonyl (C=O) groups is 3. The van der Waals surface area contributed by atoms with Crippen LogP contribution in [-0.4, -0.2) is 41.2 Å². The van der Waals surface area contributed by atoms with Gasteiger partial charge in [-0.05, 0) is 67.1 Å². The van der Waals surface area contributed by atoms with Crippen molar-refractivity contribution in [3.63, 3.8) is 0 Å². The molecule has 1 fully saturated rings. The van der Waals surface area contributed by atoms with Crippen LogP contribution in [-0.2, 0) is 20.6 Å². The van der Waals surface area contributed by atoms with E-state index in [-0.39, 0.29) is 28.7 Å². The molecule has 3 heterocycles. The van der Waals surface area contributed by atoms with Crippen LogP contribution >= 0.6 is 34.7 Å². The number of aromatic nitrogens is 1. The van der Waals surface area contributed by atoms with E-state index in [2.05, 4.69) is 10.3 Å². The Bertz CT molecular complexity index is 1900. The third-order valence-electron chi connectivity index (χ3n) is 7.37. The number of nitrogens with one attached hydrogen (secondary N) is 2. The van der Waals surface area contributed by atoms with E-state index < -0.39 is 53.2 Å². The lowest BCUT2D eigenvalue weighted by Crippen LogP contribution is -2.32. The number of nitrogens with zero attached hydrogens (tertiary/aromatic N) is 1. The molecule has 3 aromatic carbocycles. The van der Waals surface area contributed by atoms with Crippen molar-refractivity contribution in [2.75, 3.05) is 23.4 Å². The van der Waals surface area contributed by atoms with Gasteiger partial charge in [0.05, 0.1) is 28.8 Å². The predicted octanol–water partition coefficient (Wildman–Crippen LogP) is 6.32. The maximum atomic E-state index is 13.9. The zero-order valence-electron chi connectivity index (χ0n) is 23.7. The first-order valence-electron chi connectivity index (χ1n) is 13.8. The van der Waals surface area contributed by atoms with Crippen LogP contribution in [0.25, 0.3) is 0 Å². The summed E-state index contributed by atoms with van der Waals surface area (Å²) >= 11 is 8.13. The van der Waals surface area contributed by atoms with E-state index in [4.69, 9.17) is 21.1 Å². The number of aromatic amines is 1. The molecule has 0 spiro atoms. The van der Waals surface area contributed by atoms with Gasteiger partial charge in [0.1, 0.15) is 5.25 Å². The van der Waals surface area contributed by atoms with Crippen LogP contribution in [0.5, 0.6) is 11.5 Å². The lowest BCUT2D eigenvalue weighted by Gasteiger charge is -2.30. The Morgan fingerprint density at radius 1 is 1.00 bits per heavy atom. The number of halogens is 4. The first kappa shape index (κ1) is 31.7. The Morgan fingerprint density at radius 2 is 1.76 bits per heavy atom. The molecule has 1 saturated heterocycles. The number of imide groups is 1. The molecule has 4 aromatic rings. The van der Waals surface area contributed by atoms with Crippen LogP contribution in [0.3, 0.4) is 0 Å². The van der Waals surface area contributed by atoms with Crippen LogP contribution in [0.1, 0.15) is 28.8 Å². The second kappa shape index (κ2) is 12.5. The van der Waals surface area contributed by atoms with Crippen molar-refractivity contribution in [1.29, 1.82) is 0 Å². The second-order valence-electron chi connectivity index (χ2n) is 10.3. The maximum Gasteiger partial charge on any atom is 0.416 e. The number of amides is 3. The van der Waals surface area contributed by atoms with Gasteiger partial charge in [-0.2, -0.15) is 13.2 Å². The summed E-state index contributed by atoms with van der Waals surface area (Å²) in [5, 5.41) is 2.53. The first-order valence-corrected chi connectivity index (χ1v) is 15.9. The van der Waals surface area contributed by atoms with Gasteiger partial charge in [0.25, 0.3) is 5.91 Å². The normalized spacial score (nSPS) is 19.1. The molecule has 1 aromatic heterocycles. The second-order valence-corrected chi connectivity index (χ2v) is 12.9. The first-order chi connectivity index (χ1) is 21.9. The van der Waals surface area contributed by atoms with E-state index in [1.807, 2.05) is 0 Å². The molecule has 2 aliphatic rings. The number of rotatable bonds is 8. The van der Waals surface area contributed by atoms with E-state index in [1.54, 1.807) is 49.4 Å². The SMILES string of the molecule is CCOc1cc([C@H]2c3sc(=O)[nH]c3SC3C(=O)N(c4ccc(Cl)cc4)C(=O)C32)ccc1OCC(=O)Nc1cccc(C(F)(F)F)c1. The number of hydrogen-bond acceptors (Lipinski definition) is 8. The summed E-state index contributed by atoms with van der Waals surface area (Å²) in [6.45, 7) is 1.42. The summed E-state index contributed by atoms with van der Waals surface area (Å²) in [6, 6.07) is 15.4. The molecule has 238 valence electrons. The number of fused-ring (bicyclic) bond motifs is 2. The van der Waals surface area contributed by atoms with E-state index in [0.29, 0.717) is 26.2 Å². The highest BCUT2D eigenvalue weighted by molar-refractivity contribution is 8.00. The number of alkyl halides is 3. The molecular formula is C31H23ClF3N3O6S2. The Balaban J connectivity index is 1.28. The lowest BCUT2D eigenvalue weighted by atomic mass is 9.83. The number of anilines is 2. The molecule has 0 bridgehead atoms. The molecule has 0 radical (unpaired) electrons. The van der Waals surface area contributed by atoms with Gasteiger partial charge in [0, 0.05) is 21.5 Å². The van der Waals surface area contributed by atoms with Gasteiger partial charge >= 0.3 is 11.0 Å². The smallest absolute Gasteiger partial charge is 0.416 e. The summed E-state index contributed by atoms with van der Waals surface area (Å²) in [7, 11) is 0. The number of thioether (sulfide) groups is 1. The molecule has 15 heteroatoms. The average molecular weight is 690 g/mol. The molecule has 6 rings (SSSR count). The van der Waals surface area contributed by atoms with Crippen molar-refractivity contribution < 1.29 is 37.0 Å². The van der Waals surface area contributed by atoms with Crippen molar-refractivity contribution in [3.05, 3.63) is 97.4 Å². The molecule has 9 nitrogen and oxygen atoms in total. The minimum atomic E-state index is -4.57. The van der Waals surface area contributed by atoms with Crippen molar-refractivity contribution in [2.24, 2.45) is 5.92 Å². The van der Waals surface area contributed by atoms with Crippen LogP contribution in [0, 0.1) is 5.92 Å².